The molecule has 1 unspecified atom stereocenters. The van der Waals surface area contributed by atoms with Crippen molar-refractivity contribution < 1.29 is 43.6 Å². The van der Waals surface area contributed by atoms with Crippen LogP contribution in [0, 0.1) is 0 Å². The number of carboxylic acids is 1. The molecule has 9 heteroatoms. The van der Waals surface area contributed by atoms with E-state index in [-0.39, 0.29) is 32.5 Å². The van der Waals surface area contributed by atoms with Crippen molar-refractivity contribution in [3.05, 3.63) is 0 Å². The van der Waals surface area contributed by atoms with Crippen molar-refractivity contribution in [2.24, 2.45) is 0 Å². The van der Waals surface area contributed by atoms with Gasteiger partial charge in [0, 0.05) is 6.92 Å². The number of esters is 3. The van der Waals surface area contributed by atoms with Crippen molar-refractivity contribution in [2.45, 2.75) is 45.3 Å². The number of aliphatic carboxylic acids is 1. The second-order valence-corrected chi connectivity index (χ2v) is 4.54. The summed E-state index contributed by atoms with van der Waals surface area (Å²) in [6.07, 6.45) is -2.77. The summed E-state index contributed by atoms with van der Waals surface area (Å²) in [6.45, 7) is 1.85. The van der Waals surface area contributed by atoms with E-state index in [4.69, 9.17) is 24.4 Å². The molecule has 0 rings (SSSR count). The number of carboxylic acid groups (broad SMARTS) is 1. The van der Waals surface area contributed by atoms with Crippen molar-refractivity contribution in [3.63, 3.8) is 0 Å². The van der Waals surface area contributed by atoms with E-state index in [9.17, 15) is 19.2 Å². The van der Waals surface area contributed by atoms with Crippen LogP contribution in [0.25, 0.3) is 0 Å². The Hall–Kier alpha value is -2.16. The summed E-state index contributed by atoms with van der Waals surface area (Å²) in [5, 5.41) is 17.4. The Morgan fingerprint density at radius 2 is 1.55 bits per heavy atom. The lowest BCUT2D eigenvalue weighted by atomic mass is 10.3. The van der Waals surface area contributed by atoms with Gasteiger partial charge in [0.1, 0.15) is 13.2 Å². The van der Waals surface area contributed by atoms with Crippen molar-refractivity contribution >= 4 is 23.9 Å². The van der Waals surface area contributed by atoms with Crippen LogP contribution < -0.4 is 0 Å². The average molecular weight is 320 g/mol. The summed E-state index contributed by atoms with van der Waals surface area (Å²) in [5.74, 6) is -3.25. The summed E-state index contributed by atoms with van der Waals surface area (Å²) >= 11 is 0. The molecule has 2 N–H and O–H groups in total. The molecule has 0 fully saturated rings. The predicted octanol–water partition coefficient (Wildman–Crippen LogP) is -0.360. The van der Waals surface area contributed by atoms with Gasteiger partial charge in [0.2, 0.25) is 0 Å². The summed E-state index contributed by atoms with van der Waals surface area (Å²) in [7, 11) is 0. The Balaban J connectivity index is 4.22. The van der Waals surface area contributed by atoms with E-state index in [2.05, 4.69) is 0 Å². The Kier molecular flexibility index (Phi) is 9.51. The first-order chi connectivity index (χ1) is 10.2. The zero-order valence-corrected chi connectivity index (χ0v) is 12.4. The zero-order chi connectivity index (χ0) is 17.1. The molecule has 0 aromatic rings. The van der Waals surface area contributed by atoms with E-state index in [0.29, 0.717) is 0 Å². The van der Waals surface area contributed by atoms with Gasteiger partial charge in [0.05, 0.1) is 25.4 Å². The monoisotopic (exact) mass is 320 g/mol. The molecule has 22 heavy (non-hydrogen) atoms. The van der Waals surface area contributed by atoms with Crippen LogP contribution in [0.2, 0.25) is 0 Å². The maximum absolute atomic E-state index is 11.3. The molecule has 126 valence electrons. The van der Waals surface area contributed by atoms with E-state index in [0.717, 1.165) is 6.92 Å². The topological polar surface area (TPSA) is 136 Å². The molecule has 0 amide bonds. The fourth-order valence-electron chi connectivity index (χ4n) is 1.30. The van der Waals surface area contributed by atoms with E-state index < -0.39 is 36.1 Å². The number of aliphatic hydroxyl groups is 1. The Morgan fingerprint density at radius 1 is 1.00 bits per heavy atom. The largest absolute Gasteiger partial charge is 0.481 e. The van der Waals surface area contributed by atoms with Crippen LogP contribution >= 0.6 is 0 Å². The van der Waals surface area contributed by atoms with Gasteiger partial charge in [-0.1, -0.05) is 0 Å². The maximum Gasteiger partial charge on any atom is 0.308 e. The smallest absolute Gasteiger partial charge is 0.308 e. The number of hydrogen-bond acceptors (Lipinski definition) is 8. The average Bonchev–Trinajstić information content (AvgIpc) is 2.38. The van der Waals surface area contributed by atoms with Gasteiger partial charge in [-0.3, -0.25) is 19.2 Å². The van der Waals surface area contributed by atoms with Crippen molar-refractivity contribution in [2.75, 3.05) is 13.2 Å². The van der Waals surface area contributed by atoms with Crippen LogP contribution in [-0.4, -0.2) is 59.5 Å². The lowest BCUT2D eigenvalue weighted by Gasteiger charge is -2.17. The van der Waals surface area contributed by atoms with Gasteiger partial charge < -0.3 is 24.4 Å². The van der Waals surface area contributed by atoms with Crippen LogP contribution in [0.4, 0.5) is 0 Å². The summed E-state index contributed by atoms with van der Waals surface area (Å²) in [5.41, 5.74) is 0. The number of carbonyl (C=O) groups is 4. The lowest BCUT2D eigenvalue weighted by molar-refractivity contribution is -0.166. The van der Waals surface area contributed by atoms with Crippen LogP contribution in [0.5, 0.6) is 0 Å². The van der Waals surface area contributed by atoms with Crippen LogP contribution in [0.3, 0.4) is 0 Å². The van der Waals surface area contributed by atoms with Gasteiger partial charge in [-0.25, -0.2) is 0 Å². The Bertz CT molecular complexity index is 402. The second-order valence-electron chi connectivity index (χ2n) is 4.54. The number of aliphatic hydroxyl groups excluding tert-OH is 1. The molecule has 0 aliphatic carbocycles. The molecule has 0 aliphatic rings. The van der Waals surface area contributed by atoms with E-state index in [1.54, 1.807) is 0 Å². The van der Waals surface area contributed by atoms with Gasteiger partial charge >= 0.3 is 23.9 Å². The maximum atomic E-state index is 11.3. The minimum atomic E-state index is -1.14. The third-order valence-corrected chi connectivity index (χ3v) is 2.20. The molecule has 0 bridgehead atoms. The third-order valence-electron chi connectivity index (χ3n) is 2.20. The molecule has 0 saturated heterocycles. The van der Waals surface area contributed by atoms with E-state index in [1.807, 2.05) is 0 Å². The normalized spacial score (nSPS) is 12.9. The summed E-state index contributed by atoms with van der Waals surface area (Å²) in [6, 6.07) is 0. The molecule has 0 aromatic heterocycles. The van der Waals surface area contributed by atoms with Gasteiger partial charge in [-0.15, -0.1) is 0 Å². The molecule has 0 radical (unpaired) electrons. The first-order valence-corrected chi connectivity index (χ1v) is 6.59. The number of rotatable bonds is 10. The van der Waals surface area contributed by atoms with Crippen LogP contribution in [0.15, 0.2) is 0 Å². The zero-order valence-electron chi connectivity index (χ0n) is 12.4. The minimum Gasteiger partial charge on any atom is -0.481 e. The molecule has 0 saturated carbocycles. The van der Waals surface area contributed by atoms with E-state index >= 15 is 0 Å². The third kappa shape index (κ3) is 11.6. The van der Waals surface area contributed by atoms with Crippen molar-refractivity contribution in [1.29, 1.82) is 0 Å². The highest BCUT2D eigenvalue weighted by molar-refractivity contribution is 5.76. The molecular weight excluding hydrogens is 300 g/mol. The number of ether oxygens (including phenoxy) is 3. The van der Waals surface area contributed by atoms with Gasteiger partial charge in [0.25, 0.3) is 0 Å². The first-order valence-electron chi connectivity index (χ1n) is 6.59. The SMILES string of the molecule is CC(=O)OC(COC(=O)CCC(=O)O)COC(=O)C[C@@H](C)O. The molecule has 0 heterocycles. The number of hydrogen-bond donors (Lipinski definition) is 2. The Labute approximate surface area is 127 Å². The molecule has 0 spiro atoms. The van der Waals surface area contributed by atoms with Crippen LogP contribution in [-0.2, 0) is 33.4 Å². The second kappa shape index (κ2) is 10.6. The summed E-state index contributed by atoms with van der Waals surface area (Å²) in [4.78, 5) is 43.7. The molecule has 0 aliphatic heterocycles. The van der Waals surface area contributed by atoms with Crippen LogP contribution in [0.1, 0.15) is 33.1 Å². The van der Waals surface area contributed by atoms with Gasteiger partial charge in [-0.2, -0.15) is 0 Å². The Morgan fingerprint density at radius 3 is 2.00 bits per heavy atom. The first kappa shape index (κ1) is 19.8. The quantitative estimate of drug-likeness (QED) is 0.408. The molecule has 0 aromatic carbocycles. The fourth-order valence-corrected chi connectivity index (χ4v) is 1.30. The number of carbonyl (C=O) groups excluding carboxylic acids is 3. The minimum absolute atomic E-state index is 0.217. The lowest BCUT2D eigenvalue weighted by Crippen LogP contribution is -2.30. The van der Waals surface area contributed by atoms with Crippen molar-refractivity contribution in [3.8, 4) is 0 Å². The molecule has 2 atom stereocenters. The molecule has 9 nitrogen and oxygen atoms in total. The predicted molar refractivity (Wildman–Crippen MR) is 70.6 cm³/mol. The van der Waals surface area contributed by atoms with E-state index in [1.165, 1.54) is 6.92 Å². The standard InChI is InChI=1S/C13H20O9/c1-8(14)5-13(19)21-7-10(22-9(2)15)6-20-12(18)4-3-11(16)17/h8,10,14H,3-7H2,1-2H3,(H,16,17)/t8-,10?/m1/s1. The fraction of sp³-hybridized carbons (Fsp3) is 0.692. The highest BCUT2D eigenvalue weighted by Gasteiger charge is 2.18. The van der Waals surface area contributed by atoms with Crippen molar-refractivity contribution in [1.82, 2.24) is 0 Å². The van der Waals surface area contributed by atoms with Gasteiger partial charge in [-0.05, 0) is 6.92 Å². The molecular formula is C13H20O9. The summed E-state index contributed by atoms with van der Waals surface area (Å²) < 4.78 is 14.3. The van der Waals surface area contributed by atoms with Gasteiger partial charge in [0.15, 0.2) is 6.10 Å². The highest BCUT2D eigenvalue weighted by atomic mass is 16.6. The highest BCUT2D eigenvalue weighted by Crippen LogP contribution is 2.02.